The van der Waals surface area contributed by atoms with Gasteiger partial charge in [-0.15, -0.1) is 0 Å². The van der Waals surface area contributed by atoms with Gasteiger partial charge in [0.25, 0.3) is 0 Å². The highest BCUT2D eigenvalue weighted by Crippen LogP contribution is 2.13. The molecule has 0 saturated carbocycles. The molecule has 0 aromatic rings. The maximum Gasteiger partial charge on any atom is 0.0431 e. The molecule has 0 aliphatic carbocycles. The van der Waals surface area contributed by atoms with Crippen molar-refractivity contribution in [3.8, 4) is 0 Å². The topological polar surface area (TPSA) is 20.2 Å². The maximum absolute atomic E-state index is 8.51. The lowest BCUT2D eigenvalue weighted by Crippen LogP contribution is -1.97. The van der Waals surface area contributed by atoms with Crippen molar-refractivity contribution in [3.63, 3.8) is 0 Å². The summed E-state index contributed by atoms with van der Waals surface area (Å²) in [6, 6.07) is 0. The van der Waals surface area contributed by atoms with E-state index < -0.39 is 0 Å². The molecule has 0 amide bonds. The Morgan fingerprint density at radius 1 is 1.22 bits per heavy atom. The Kier molecular flexibility index (Phi) is 6.06. The number of aliphatic hydroxyl groups is 1. The summed E-state index contributed by atoms with van der Waals surface area (Å²) in [7, 11) is 0. The average molecular weight is 130 g/mol. The molecule has 0 atom stereocenters. The van der Waals surface area contributed by atoms with Gasteiger partial charge in [0.15, 0.2) is 0 Å². The standard InChI is InChI=1S/C8H18O/c1-3-8(4-2)6-5-7-9/h8-9H,3-7H2,1-2H3. The van der Waals surface area contributed by atoms with Crippen molar-refractivity contribution >= 4 is 0 Å². The molecule has 0 rings (SSSR count). The molecule has 0 aliphatic heterocycles. The van der Waals surface area contributed by atoms with Gasteiger partial charge in [0.2, 0.25) is 0 Å². The summed E-state index contributed by atoms with van der Waals surface area (Å²) in [4.78, 5) is 0. The monoisotopic (exact) mass is 130 g/mol. The van der Waals surface area contributed by atoms with E-state index in [0.29, 0.717) is 6.61 Å². The highest BCUT2D eigenvalue weighted by atomic mass is 16.2. The lowest BCUT2D eigenvalue weighted by atomic mass is 9.98. The average Bonchev–Trinajstić information content (AvgIpc) is 1.91. The Hall–Kier alpha value is -0.0400. The van der Waals surface area contributed by atoms with Crippen LogP contribution in [0.1, 0.15) is 39.5 Å². The van der Waals surface area contributed by atoms with Crippen LogP contribution >= 0.6 is 0 Å². The van der Waals surface area contributed by atoms with Crippen LogP contribution in [-0.4, -0.2) is 11.7 Å². The van der Waals surface area contributed by atoms with Gasteiger partial charge in [0, 0.05) is 6.61 Å². The third-order valence-electron chi connectivity index (χ3n) is 1.93. The zero-order chi connectivity index (χ0) is 7.11. The lowest BCUT2D eigenvalue weighted by molar-refractivity contribution is 0.268. The van der Waals surface area contributed by atoms with Crippen LogP contribution in [0.5, 0.6) is 0 Å². The van der Waals surface area contributed by atoms with Gasteiger partial charge in [0.1, 0.15) is 0 Å². The van der Waals surface area contributed by atoms with Crippen LogP contribution < -0.4 is 0 Å². The van der Waals surface area contributed by atoms with Crippen LogP contribution in [-0.2, 0) is 0 Å². The molecule has 0 aromatic heterocycles. The fourth-order valence-corrected chi connectivity index (χ4v) is 1.08. The number of hydrogen-bond acceptors (Lipinski definition) is 1. The van der Waals surface area contributed by atoms with Crippen LogP contribution in [0, 0.1) is 5.92 Å². The van der Waals surface area contributed by atoms with Crippen molar-refractivity contribution in [3.05, 3.63) is 0 Å². The van der Waals surface area contributed by atoms with E-state index in [1.807, 2.05) is 0 Å². The molecule has 0 fully saturated rings. The fourth-order valence-electron chi connectivity index (χ4n) is 1.08. The van der Waals surface area contributed by atoms with E-state index in [1.54, 1.807) is 0 Å². The first kappa shape index (κ1) is 8.96. The largest absolute Gasteiger partial charge is 0.396 e. The van der Waals surface area contributed by atoms with Crippen LogP contribution in [0.3, 0.4) is 0 Å². The molecule has 0 radical (unpaired) electrons. The van der Waals surface area contributed by atoms with Crippen molar-refractivity contribution in [2.45, 2.75) is 39.5 Å². The summed E-state index contributed by atoms with van der Waals surface area (Å²) in [5, 5.41) is 8.51. The third kappa shape index (κ3) is 4.46. The first-order valence-electron chi connectivity index (χ1n) is 3.96. The Bertz CT molecular complexity index is 48.5. The predicted molar refractivity (Wildman–Crippen MR) is 40.4 cm³/mol. The van der Waals surface area contributed by atoms with E-state index in [2.05, 4.69) is 13.8 Å². The summed E-state index contributed by atoms with van der Waals surface area (Å²) in [5.74, 6) is 0.845. The van der Waals surface area contributed by atoms with Gasteiger partial charge in [-0.2, -0.15) is 0 Å². The quantitative estimate of drug-likeness (QED) is 0.605. The summed E-state index contributed by atoms with van der Waals surface area (Å²) >= 11 is 0. The fraction of sp³-hybridized carbons (Fsp3) is 1.00. The van der Waals surface area contributed by atoms with E-state index in [0.717, 1.165) is 12.3 Å². The van der Waals surface area contributed by atoms with Gasteiger partial charge in [-0.3, -0.25) is 0 Å². The molecule has 0 heterocycles. The van der Waals surface area contributed by atoms with Crippen molar-refractivity contribution in [2.75, 3.05) is 6.61 Å². The molecule has 0 spiro atoms. The Morgan fingerprint density at radius 2 is 1.78 bits per heavy atom. The second-order valence-electron chi connectivity index (χ2n) is 2.55. The van der Waals surface area contributed by atoms with Gasteiger partial charge in [-0.25, -0.2) is 0 Å². The van der Waals surface area contributed by atoms with Crippen LogP contribution in [0.4, 0.5) is 0 Å². The van der Waals surface area contributed by atoms with E-state index >= 15 is 0 Å². The molecule has 0 aliphatic rings. The number of rotatable bonds is 5. The Balaban J connectivity index is 3.09. The van der Waals surface area contributed by atoms with E-state index in [9.17, 15) is 0 Å². The molecule has 0 aromatic carbocycles. The maximum atomic E-state index is 8.51. The van der Waals surface area contributed by atoms with Gasteiger partial charge in [-0.05, 0) is 18.8 Å². The van der Waals surface area contributed by atoms with Gasteiger partial charge in [0.05, 0.1) is 0 Å². The summed E-state index contributed by atoms with van der Waals surface area (Å²) < 4.78 is 0. The Morgan fingerprint density at radius 3 is 2.11 bits per heavy atom. The van der Waals surface area contributed by atoms with E-state index in [-0.39, 0.29) is 0 Å². The Labute approximate surface area is 58.1 Å². The normalized spacial score (nSPS) is 10.7. The van der Waals surface area contributed by atoms with Crippen LogP contribution in [0.25, 0.3) is 0 Å². The molecule has 9 heavy (non-hydrogen) atoms. The summed E-state index contributed by atoms with van der Waals surface area (Å²) in [6.07, 6.45) is 4.70. The van der Waals surface area contributed by atoms with E-state index in [4.69, 9.17) is 5.11 Å². The first-order valence-corrected chi connectivity index (χ1v) is 3.96. The number of hydrogen-bond donors (Lipinski definition) is 1. The van der Waals surface area contributed by atoms with Crippen molar-refractivity contribution in [1.82, 2.24) is 0 Å². The molecular weight excluding hydrogens is 112 g/mol. The molecule has 0 unspecified atom stereocenters. The summed E-state index contributed by atoms with van der Waals surface area (Å²) in [5.41, 5.74) is 0. The minimum atomic E-state index is 0.358. The van der Waals surface area contributed by atoms with E-state index in [1.165, 1.54) is 19.3 Å². The zero-order valence-corrected chi connectivity index (χ0v) is 6.56. The SMILES string of the molecule is CCC(CC)CCCO. The molecule has 0 saturated heterocycles. The zero-order valence-electron chi connectivity index (χ0n) is 6.56. The number of aliphatic hydroxyl groups excluding tert-OH is 1. The van der Waals surface area contributed by atoms with Gasteiger partial charge >= 0.3 is 0 Å². The molecule has 0 bridgehead atoms. The van der Waals surface area contributed by atoms with Crippen molar-refractivity contribution in [2.24, 2.45) is 5.92 Å². The summed E-state index contributed by atoms with van der Waals surface area (Å²) in [6.45, 7) is 4.79. The minimum Gasteiger partial charge on any atom is -0.396 e. The molecule has 1 nitrogen and oxygen atoms in total. The molecular formula is C8H18O. The molecule has 56 valence electrons. The highest BCUT2D eigenvalue weighted by Gasteiger charge is 2.00. The minimum absolute atomic E-state index is 0.358. The van der Waals surface area contributed by atoms with Crippen molar-refractivity contribution < 1.29 is 5.11 Å². The van der Waals surface area contributed by atoms with Gasteiger partial charge < -0.3 is 5.11 Å². The predicted octanol–water partition coefficient (Wildman–Crippen LogP) is 2.20. The molecule has 1 heteroatoms. The highest BCUT2D eigenvalue weighted by molar-refractivity contribution is 4.53. The van der Waals surface area contributed by atoms with Crippen LogP contribution in [0.15, 0.2) is 0 Å². The second-order valence-corrected chi connectivity index (χ2v) is 2.55. The van der Waals surface area contributed by atoms with Crippen molar-refractivity contribution in [1.29, 1.82) is 0 Å². The second kappa shape index (κ2) is 6.09. The van der Waals surface area contributed by atoms with Gasteiger partial charge in [-0.1, -0.05) is 26.7 Å². The third-order valence-corrected chi connectivity index (χ3v) is 1.93. The first-order chi connectivity index (χ1) is 4.35. The smallest absolute Gasteiger partial charge is 0.0431 e. The molecule has 1 N–H and O–H groups in total. The van der Waals surface area contributed by atoms with Crippen LogP contribution in [0.2, 0.25) is 0 Å². The lowest BCUT2D eigenvalue weighted by Gasteiger charge is -2.09.